The zero-order valence-electron chi connectivity index (χ0n) is 17.1. The van der Waals surface area contributed by atoms with Crippen molar-refractivity contribution >= 4 is 51.1 Å². The van der Waals surface area contributed by atoms with E-state index in [1.54, 1.807) is 0 Å². The molecule has 26 heavy (non-hydrogen) atoms. The summed E-state index contributed by atoms with van der Waals surface area (Å²) in [5.41, 5.74) is -1.49. The zero-order valence-corrected chi connectivity index (χ0v) is 17.3. The van der Waals surface area contributed by atoms with Crippen molar-refractivity contribution in [3.8, 4) is 0 Å². The maximum absolute atomic E-state index is 12.3. The molecule has 0 radical (unpaired) electrons. The third kappa shape index (κ3) is 9.32. The predicted octanol–water partition coefficient (Wildman–Crippen LogP) is 0.854. The summed E-state index contributed by atoms with van der Waals surface area (Å²) in [7, 11) is -4.56. The van der Waals surface area contributed by atoms with E-state index in [4.69, 9.17) is 14.0 Å². The second-order valence-electron chi connectivity index (χ2n) is 5.48. The first-order chi connectivity index (χ1) is 11.3. The van der Waals surface area contributed by atoms with E-state index in [2.05, 4.69) is 17.9 Å². The van der Waals surface area contributed by atoms with Gasteiger partial charge in [-0.3, -0.25) is 9.35 Å². The molecule has 0 spiro atoms. The first-order valence-electron chi connectivity index (χ1n) is 7.12. The molecule has 0 saturated carbocycles. The maximum atomic E-state index is 12.3. The van der Waals surface area contributed by atoms with E-state index in [1.807, 2.05) is 0 Å². The Labute approximate surface area is 171 Å². The molecule has 0 aliphatic carbocycles. The van der Waals surface area contributed by atoms with Gasteiger partial charge in [0.25, 0.3) is 0 Å². The van der Waals surface area contributed by atoms with Crippen LogP contribution in [0.25, 0.3) is 0 Å². The summed E-state index contributed by atoms with van der Waals surface area (Å²) in [4.78, 5) is 35.4. The Balaban J connectivity index is -0.000000960. The molecule has 1 N–H and O–H groups in total. The van der Waals surface area contributed by atoms with Crippen molar-refractivity contribution in [2.45, 2.75) is 27.2 Å². The quantitative estimate of drug-likeness (QED) is 0.185. The Morgan fingerprint density at radius 2 is 1.38 bits per heavy atom. The molecule has 0 heterocycles. The molecule has 0 aliphatic heterocycles. The molecule has 0 rings (SSSR count). The molecule has 0 aromatic heterocycles. The third-order valence-corrected chi connectivity index (χ3v) is 3.52. The maximum Gasteiger partial charge on any atom is 2.00 e. The second kappa shape index (κ2) is 11.3. The van der Waals surface area contributed by atoms with Crippen molar-refractivity contribution < 1.29 is 44.4 Å². The van der Waals surface area contributed by atoms with Gasteiger partial charge in [0.05, 0.1) is 0 Å². The van der Waals surface area contributed by atoms with Gasteiger partial charge in [-0.05, 0) is 20.3 Å². The van der Waals surface area contributed by atoms with Crippen molar-refractivity contribution in [2.75, 3.05) is 19.2 Å². The van der Waals surface area contributed by atoms with Gasteiger partial charge >= 0.3 is 51.1 Å². The van der Waals surface area contributed by atoms with E-state index in [1.165, 1.54) is 20.8 Å². The van der Waals surface area contributed by atoms with Gasteiger partial charge in [-0.15, -0.1) is 0 Å². The van der Waals surface area contributed by atoms with Gasteiger partial charge in [-0.1, -0.05) is 20.1 Å². The van der Waals surface area contributed by atoms with E-state index < -0.39 is 52.6 Å². The summed E-state index contributed by atoms with van der Waals surface area (Å²) in [6.07, 6.45) is -0.00967. The number of carbonyl (C=O) groups is 3. The SMILES string of the molecule is C=C(C)C(=O)OCC(CC)(COC(=O)C(=C)C)C(=O)OCS(=O)(=O)O.[H-].[H-].[Mg+2]. The summed E-state index contributed by atoms with van der Waals surface area (Å²) in [5, 5.41) is 0. The van der Waals surface area contributed by atoms with Crippen LogP contribution in [0.3, 0.4) is 0 Å². The van der Waals surface area contributed by atoms with Gasteiger partial charge in [-0.25, -0.2) is 9.59 Å². The van der Waals surface area contributed by atoms with Crippen LogP contribution in [-0.2, 0) is 38.7 Å². The van der Waals surface area contributed by atoms with E-state index in [0.29, 0.717) is 0 Å². The molecular weight excluding hydrogens is 381 g/mol. The average Bonchev–Trinajstić information content (AvgIpc) is 2.51. The molecule has 0 amide bonds. The van der Waals surface area contributed by atoms with E-state index >= 15 is 0 Å². The van der Waals surface area contributed by atoms with Gasteiger partial charge in [0, 0.05) is 11.1 Å². The van der Waals surface area contributed by atoms with Crippen molar-refractivity contribution in [2.24, 2.45) is 5.41 Å². The summed E-state index contributed by atoms with van der Waals surface area (Å²) in [6.45, 7) is 10.0. The van der Waals surface area contributed by atoms with Crippen LogP contribution in [0.5, 0.6) is 0 Å². The van der Waals surface area contributed by atoms with E-state index in [0.717, 1.165) is 0 Å². The molecule has 0 aliphatic rings. The third-order valence-electron chi connectivity index (χ3n) is 3.10. The van der Waals surface area contributed by atoms with Gasteiger partial charge in [0.1, 0.15) is 18.6 Å². The largest absolute Gasteiger partial charge is 2.00 e. The predicted molar refractivity (Wildman–Crippen MR) is 94.8 cm³/mol. The van der Waals surface area contributed by atoms with Crippen LogP contribution < -0.4 is 0 Å². The normalized spacial score (nSPS) is 10.9. The molecule has 11 heteroatoms. The van der Waals surface area contributed by atoms with Crippen LogP contribution in [0.15, 0.2) is 24.3 Å². The van der Waals surface area contributed by atoms with Gasteiger partial charge < -0.3 is 17.1 Å². The number of hydrogen-bond acceptors (Lipinski definition) is 8. The van der Waals surface area contributed by atoms with Gasteiger partial charge in [0.2, 0.25) is 5.94 Å². The summed E-state index contributed by atoms with van der Waals surface area (Å²) < 4.78 is 44.6. The van der Waals surface area contributed by atoms with Gasteiger partial charge in [-0.2, -0.15) is 8.42 Å². The Morgan fingerprint density at radius 3 is 1.65 bits per heavy atom. The molecular formula is C15H24MgO9S. The molecule has 0 aromatic rings. The van der Waals surface area contributed by atoms with Crippen LogP contribution in [0, 0.1) is 5.41 Å². The van der Waals surface area contributed by atoms with Crippen molar-refractivity contribution in [1.29, 1.82) is 0 Å². The number of esters is 3. The fraction of sp³-hybridized carbons (Fsp3) is 0.533. The van der Waals surface area contributed by atoms with Crippen molar-refractivity contribution in [3.05, 3.63) is 24.3 Å². The fourth-order valence-electron chi connectivity index (χ4n) is 1.44. The Kier molecular flexibility index (Phi) is 11.7. The number of rotatable bonds is 10. The van der Waals surface area contributed by atoms with Crippen molar-refractivity contribution in [1.82, 2.24) is 0 Å². The number of hydrogen-bond donors (Lipinski definition) is 1. The summed E-state index contributed by atoms with van der Waals surface area (Å²) >= 11 is 0. The molecule has 0 unspecified atom stereocenters. The molecule has 9 nitrogen and oxygen atoms in total. The van der Waals surface area contributed by atoms with Crippen molar-refractivity contribution in [3.63, 3.8) is 0 Å². The zero-order chi connectivity index (χ0) is 19.8. The van der Waals surface area contributed by atoms with Crippen LogP contribution in [0.1, 0.15) is 30.0 Å². The number of ether oxygens (including phenoxy) is 3. The molecule has 0 bridgehead atoms. The minimum Gasteiger partial charge on any atom is -1.00 e. The molecule has 0 aromatic carbocycles. The number of carbonyl (C=O) groups excluding carboxylic acids is 3. The minimum atomic E-state index is -4.56. The monoisotopic (exact) mass is 404 g/mol. The van der Waals surface area contributed by atoms with Crippen LogP contribution in [0.2, 0.25) is 0 Å². The molecule has 0 fully saturated rings. The van der Waals surface area contributed by atoms with Gasteiger partial charge in [0.15, 0.2) is 0 Å². The summed E-state index contributed by atoms with van der Waals surface area (Å²) in [6, 6.07) is 0. The first kappa shape index (κ1) is 26.8. The van der Waals surface area contributed by atoms with Crippen LogP contribution in [-0.4, -0.2) is 73.1 Å². The fourth-order valence-corrected chi connectivity index (χ4v) is 1.70. The minimum absolute atomic E-state index is 0. The molecule has 146 valence electrons. The first-order valence-corrected chi connectivity index (χ1v) is 8.73. The van der Waals surface area contributed by atoms with Crippen LogP contribution in [0.4, 0.5) is 0 Å². The smallest absolute Gasteiger partial charge is 1.00 e. The summed E-state index contributed by atoms with van der Waals surface area (Å²) in [5.74, 6) is -3.97. The Hall–Kier alpha value is -1.43. The van der Waals surface area contributed by atoms with Crippen LogP contribution >= 0.6 is 0 Å². The molecule has 0 atom stereocenters. The molecule has 0 saturated heterocycles. The second-order valence-corrected chi connectivity index (χ2v) is 6.88. The average molecular weight is 405 g/mol. The Bertz CT molecular complexity index is 647. The Morgan fingerprint density at radius 1 is 1.00 bits per heavy atom. The standard InChI is InChI=1S/C15H22O9S.Mg.2H/c1-6-15(7-22-12(16)10(2)3,8-23-13(17)11(4)5)14(18)24-9-25(19,20)21;;;/h2,4,6-9H2,1,3,5H3,(H,19,20,21);;;/q;+2;2*-1. The van der Waals surface area contributed by atoms with E-state index in [-0.39, 0.29) is 43.5 Å². The van der Waals surface area contributed by atoms with E-state index in [9.17, 15) is 22.8 Å². The topological polar surface area (TPSA) is 133 Å².